The average Bonchev–Trinajstić information content (AvgIpc) is 2.37. The molecular formula is C17H28N2O. The van der Waals surface area contributed by atoms with Crippen LogP contribution in [0.5, 0.6) is 0 Å². The summed E-state index contributed by atoms with van der Waals surface area (Å²) in [5, 5.41) is 0. The molecule has 3 nitrogen and oxygen atoms in total. The number of anilines is 1. The number of morpholine rings is 1. The van der Waals surface area contributed by atoms with Crippen molar-refractivity contribution >= 4 is 5.69 Å². The zero-order chi connectivity index (χ0) is 14.7. The molecule has 0 radical (unpaired) electrons. The highest BCUT2D eigenvalue weighted by molar-refractivity contribution is 5.56. The van der Waals surface area contributed by atoms with Crippen LogP contribution >= 0.6 is 0 Å². The van der Waals surface area contributed by atoms with Crippen LogP contribution in [0.25, 0.3) is 0 Å². The van der Waals surface area contributed by atoms with Gasteiger partial charge in [-0.25, -0.2) is 0 Å². The second-order valence-electron chi connectivity index (χ2n) is 6.17. The molecule has 1 heterocycles. The predicted octanol–water partition coefficient (Wildman–Crippen LogP) is 2.89. The van der Waals surface area contributed by atoms with E-state index in [-0.39, 0.29) is 18.2 Å². The highest BCUT2D eigenvalue weighted by Gasteiger charge is 2.24. The van der Waals surface area contributed by atoms with Gasteiger partial charge in [0.05, 0.1) is 12.2 Å². The Balaban J connectivity index is 2.25. The number of hydrogen-bond acceptors (Lipinski definition) is 3. The van der Waals surface area contributed by atoms with Gasteiger partial charge in [-0.05, 0) is 45.2 Å². The molecule has 1 aromatic carbocycles. The average molecular weight is 276 g/mol. The standard InChI is InChI=1S/C17H28N2O/c1-5-16(18)9-15-8-12(2)6-7-17(15)19-10-13(3)20-14(4)11-19/h6-8,13-14,16H,5,9-11,18H2,1-4H3/t13-,14+,16?. The molecule has 1 aromatic rings. The third-order valence-corrected chi connectivity index (χ3v) is 4.00. The Morgan fingerprint density at radius 2 is 1.95 bits per heavy atom. The fraction of sp³-hybridized carbons (Fsp3) is 0.647. The Bertz CT molecular complexity index is 437. The first-order chi connectivity index (χ1) is 9.49. The lowest BCUT2D eigenvalue weighted by Gasteiger charge is -2.38. The quantitative estimate of drug-likeness (QED) is 0.919. The maximum Gasteiger partial charge on any atom is 0.0726 e. The number of rotatable bonds is 4. The number of aryl methyl sites for hydroxylation is 1. The fourth-order valence-corrected chi connectivity index (χ4v) is 2.99. The Kier molecular flexibility index (Phi) is 5.06. The van der Waals surface area contributed by atoms with Gasteiger partial charge in [-0.15, -0.1) is 0 Å². The summed E-state index contributed by atoms with van der Waals surface area (Å²) in [5.41, 5.74) is 10.2. The van der Waals surface area contributed by atoms with E-state index in [1.165, 1.54) is 16.8 Å². The minimum Gasteiger partial charge on any atom is -0.372 e. The van der Waals surface area contributed by atoms with Crippen molar-refractivity contribution < 1.29 is 4.74 Å². The fourth-order valence-electron chi connectivity index (χ4n) is 2.99. The van der Waals surface area contributed by atoms with Gasteiger partial charge in [0, 0.05) is 24.8 Å². The summed E-state index contributed by atoms with van der Waals surface area (Å²) in [6, 6.07) is 6.97. The smallest absolute Gasteiger partial charge is 0.0726 e. The van der Waals surface area contributed by atoms with Crippen molar-refractivity contribution in [3.8, 4) is 0 Å². The van der Waals surface area contributed by atoms with Gasteiger partial charge >= 0.3 is 0 Å². The Morgan fingerprint density at radius 3 is 2.55 bits per heavy atom. The Morgan fingerprint density at radius 1 is 1.30 bits per heavy atom. The van der Waals surface area contributed by atoms with E-state index in [0.717, 1.165) is 25.9 Å². The predicted molar refractivity (Wildman–Crippen MR) is 85.4 cm³/mol. The molecule has 0 bridgehead atoms. The maximum atomic E-state index is 6.16. The topological polar surface area (TPSA) is 38.5 Å². The van der Waals surface area contributed by atoms with Gasteiger partial charge in [-0.1, -0.05) is 24.6 Å². The summed E-state index contributed by atoms with van der Waals surface area (Å²) in [6.45, 7) is 10.5. The van der Waals surface area contributed by atoms with Crippen LogP contribution in [0.15, 0.2) is 18.2 Å². The van der Waals surface area contributed by atoms with Crippen molar-refractivity contribution in [2.24, 2.45) is 5.73 Å². The largest absolute Gasteiger partial charge is 0.372 e. The molecule has 0 spiro atoms. The SMILES string of the molecule is CCC(N)Cc1cc(C)ccc1N1C[C@@H](C)O[C@@H](C)C1. The number of nitrogens with zero attached hydrogens (tertiary/aromatic N) is 1. The van der Waals surface area contributed by atoms with Gasteiger partial charge in [0.2, 0.25) is 0 Å². The van der Waals surface area contributed by atoms with Crippen molar-refractivity contribution in [2.45, 2.75) is 58.8 Å². The molecule has 1 unspecified atom stereocenters. The van der Waals surface area contributed by atoms with E-state index in [1.807, 2.05) is 0 Å². The summed E-state index contributed by atoms with van der Waals surface area (Å²) in [7, 11) is 0. The summed E-state index contributed by atoms with van der Waals surface area (Å²) in [4.78, 5) is 2.45. The van der Waals surface area contributed by atoms with E-state index in [0.29, 0.717) is 0 Å². The molecule has 1 aliphatic rings. The molecular weight excluding hydrogens is 248 g/mol. The second kappa shape index (κ2) is 6.59. The Hall–Kier alpha value is -1.06. The molecule has 112 valence electrons. The van der Waals surface area contributed by atoms with Gasteiger partial charge in [0.15, 0.2) is 0 Å². The van der Waals surface area contributed by atoms with E-state index in [9.17, 15) is 0 Å². The molecule has 3 atom stereocenters. The normalized spacial score (nSPS) is 24.8. The zero-order valence-corrected chi connectivity index (χ0v) is 13.2. The van der Waals surface area contributed by atoms with Gasteiger partial charge in [0.25, 0.3) is 0 Å². The molecule has 0 aromatic heterocycles. The van der Waals surface area contributed by atoms with E-state index in [1.54, 1.807) is 0 Å². The third-order valence-electron chi connectivity index (χ3n) is 4.00. The lowest BCUT2D eigenvalue weighted by molar-refractivity contribution is -0.00526. The van der Waals surface area contributed by atoms with Crippen LogP contribution in [-0.4, -0.2) is 31.3 Å². The van der Waals surface area contributed by atoms with Crippen LogP contribution in [0.2, 0.25) is 0 Å². The van der Waals surface area contributed by atoms with Crippen LogP contribution in [0.3, 0.4) is 0 Å². The van der Waals surface area contributed by atoms with Crippen molar-refractivity contribution in [1.82, 2.24) is 0 Å². The Labute approximate surface area is 123 Å². The van der Waals surface area contributed by atoms with Crippen LogP contribution in [-0.2, 0) is 11.2 Å². The zero-order valence-electron chi connectivity index (χ0n) is 13.2. The summed E-state index contributed by atoms with van der Waals surface area (Å²) in [6.07, 6.45) is 2.54. The minimum absolute atomic E-state index is 0.242. The van der Waals surface area contributed by atoms with Crippen molar-refractivity contribution in [2.75, 3.05) is 18.0 Å². The van der Waals surface area contributed by atoms with E-state index >= 15 is 0 Å². The summed E-state index contributed by atoms with van der Waals surface area (Å²) < 4.78 is 5.84. The lowest BCUT2D eigenvalue weighted by atomic mass is 9.99. The van der Waals surface area contributed by atoms with Crippen LogP contribution in [0.4, 0.5) is 5.69 Å². The highest BCUT2D eigenvalue weighted by Crippen LogP contribution is 2.26. The minimum atomic E-state index is 0.242. The molecule has 1 aliphatic heterocycles. The molecule has 1 fully saturated rings. The van der Waals surface area contributed by atoms with Crippen molar-refractivity contribution in [3.05, 3.63) is 29.3 Å². The lowest BCUT2D eigenvalue weighted by Crippen LogP contribution is -2.46. The highest BCUT2D eigenvalue weighted by atomic mass is 16.5. The van der Waals surface area contributed by atoms with E-state index in [4.69, 9.17) is 10.5 Å². The van der Waals surface area contributed by atoms with Crippen molar-refractivity contribution in [3.63, 3.8) is 0 Å². The second-order valence-corrected chi connectivity index (χ2v) is 6.17. The van der Waals surface area contributed by atoms with Crippen LogP contribution in [0, 0.1) is 6.92 Å². The number of ether oxygens (including phenoxy) is 1. The van der Waals surface area contributed by atoms with Gasteiger partial charge in [-0.2, -0.15) is 0 Å². The molecule has 2 N–H and O–H groups in total. The van der Waals surface area contributed by atoms with Gasteiger partial charge < -0.3 is 15.4 Å². The molecule has 3 heteroatoms. The molecule has 2 rings (SSSR count). The molecule has 0 saturated carbocycles. The monoisotopic (exact) mass is 276 g/mol. The first kappa shape index (κ1) is 15.3. The molecule has 20 heavy (non-hydrogen) atoms. The summed E-state index contributed by atoms with van der Waals surface area (Å²) >= 11 is 0. The third kappa shape index (κ3) is 3.74. The first-order valence-electron chi connectivity index (χ1n) is 7.75. The number of hydrogen-bond donors (Lipinski definition) is 1. The van der Waals surface area contributed by atoms with Crippen molar-refractivity contribution in [1.29, 1.82) is 0 Å². The van der Waals surface area contributed by atoms with Gasteiger partial charge in [0.1, 0.15) is 0 Å². The molecule has 0 aliphatic carbocycles. The first-order valence-corrected chi connectivity index (χ1v) is 7.75. The van der Waals surface area contributed by atoms with Gasteiger partial charge in [-0.3, -0.25) is 0 Å². The molecule has 1 saturated heterocycles. The summed E-state index contributed by atoms with van der Waals surface area (Å²) in [5.74, 6) is 0. The maximum absolute atomic E-state index is 6.16. The molecule has 0 amide bonds. The number of benzene rings is 1. The van der Waals surface area contributed by atoms with E-state index < -0.39 is 0 Å². The number of nitrogens with two attached hydrogens (primary N) is 1. The van der Waals surface area contributed by atoms with E-state index in [2.05, 4.69) is 50.8 Å². The van der Waals surface area contributed by atoms with Crippen LogP contribution in [0.1, 0.15) is 38.3 Å². The van der Waals surface area contributed by atoms with Crippen LogP contribution < -0.4 is 10.6 Å².